The van der Waals surface area contributed by atoms with Crippen molar-refractivity contribution >= 4 is 85.9 Å². The van der Waals surface area contributed by atoms with E-state index in [1.165, 1.54) is 36.3 Å². The Morgan fingerprint density at radius 3 is 2.29 bits per heavy atom. The summed E-state index contributed by atoms with van der Waals surface area (Å²) in [5, 5.41) is 9.33. The van der Waals surface area contributed by atoms with Crippen LogP contribution in [-0.4, -0.2) is 19.5 Å². The van der Waals surface area contributed by atoms with Gasteiger partial charge in [0.25, 0.3) is 0 Å². The van der Waals surface area contributed by atoms with Gasteiger partial charge >= 0.3 is 0 Å². The van der Waals surface area contributed by atoms with E-state index < -0.39 is 0 Å². The fourth-order valence-electron chi connectivity index (χ4n) is 6.06. The van der Waals surface area contributed by atoms with Gasteiger partial charge < -0.3 is 0 Å². The Morgan fingerprint density at radius 2 is 1.34 bits per heavy atom. The van der Waals surface area contributed by atoms with E-state index in [0.717, 1.165) is 38.2 Å². The monoisotopic (exact) mass is 502 g/mol. The third-order valence-electron chi connectivity index (χ3n) is 7.66. The van der Waals surface area contributed by atoms with Crippen molar-refractivity contribution in [3.05, 3.63) is 109 Å². The third-order valence-corrected chi connectivity index (χ3v) is 8.84. The van der Waals surface area contributed by atoms with Crippen LogP contribution in [0.15, 0.2) is 109 Å². The lowest BCUT2D eigenvalue weighted by atomic mass is 10.0. The number of rotatable bonds is 1. The van der Waals surface area contributed by atoms with Crippen molar-refractivity contribution in [2.45, 2.75) is 0 Å². The Labute approximate surface area is 220 Å². The van der Waals surface area contributed by atoms with E-state index in [1.807, 2.05) is 29.8 Å². The summed E-state index contributed by atoms with van der Waals surface area (Å²) in [5.74, 6) is 0.680. The van der Waals surface area contributed by atoms with E-state index in [-0.39, 0.29) is 0 Å². The lowest BCUT2D eigenvalue weighted by Gasteiger charge is -2.10. The number of aromatic nitrogens is 4. The van der Waals surface area contributed by atoms with E-state index in [0.29, 0.717) is 5.95 Å². The van der Waals surface area contributed by atoms with Gasteiger partial charge in [-0.05, 0) is 23.6 Å². The Balaban J connectivity index is 1.56. The van der Waals surface area contributed by atoms with Crippen LogP contribution in [0.3, 0.4) is 0 Å². The van der Waals surface area contributed by atoms with Gasteiger partial charge in [0.05, 0.1) is 26.8 Å². The summed E-state index contributed by atoms with van der Waals surface area (Å²) in [6.45, 7) is 0. The van der Waals surface area contributed by atoms with Crippen LogP contribution in [0.2, 0.25) is 0 Å². The van der Waals surface area contributed by atoms with Crippen LogP contribution in [0, 0.1) is 0 Å². The molecular formula is C33H18N4S. The van der Waals surface area contributed by atoms with Crippen molar-refractivity contribution in [2.75, 3.05) is 0 Å². The predicted octanol–water partition coefficient (Wildman–Crippen LogP) is 8.80. The first-order chi connectivity index (χ1) is 18.9. The molecule has 0 aliphatic heterocycles. The molecule has 0 unspecified atom stereocenters. The van der Waals surface area contributed by atoms with Crippen molar-refractivity contribution in [1.82, 2.24) is 19.5 Å². The lowest BCUT2D eigenvalue weighted by Crippen LogP contribution is -2.01. The van der Waals surface area contributed by atoms with Gasteiger partial charge in [-0.1, -0.05) is 78.9 Å². The highest BCUT2D eigenvalue weighted by Gasteiger charge is 2.23. The fraction of sp³-hybridized carbons (Fsp3) is 0. The molecule has 0 aliphatic rings. The van der Waals surface area contributed by atoms with Gasteiger partial charge in [-0.3, -0.25) is 9.55 Å². The minimum absolute atomic E-state index is 0.680. The summed E-state index contributed by atoms with van der Waals surface area (Å²) in [6, 6.07) is 34.1. The van der Waals surface area contributed by atoms with Gasteiger partial charge in [-0.25, -0.2) is 9.97 Å². The van der Waals surface area contributed by atoms with Crippen molar-refractivity contribution in [3.63, 3.8) is 0 Å². The SMILES string of the molecule is c1ccc2c(c1)ccc1cnc(-n3c4ccccc4c4c5cccnc5c5sc6ccccc6c5c43)nc12. The van der Waals surface area contributed by atoms with Crippen LogP contribution < -0.4 is 0 Å². The van der Waals surface area contributed by atoms with Crippen molar-refractivity contribution in [3.8, 4) is 5.95 Å². The molecule has 0 radical (unpaired) electrons. The van der Waals surface area contributed by atoms with Crippen LogP contribution in [0.1, 0.15) is 0 Å². The average molecular weight is 503 g/mol. The molecule has 5 aromatic carbocycles. The highest BCUT2D eigenvalue weighted by atomic mass is 32.1. The summed E-state index contributed by atoms with van der Waals surface area (Å²) >= 11 is 1.81. The molecule has 0 spiro atoms. The molecule has 4 nitrogen and oxygen atoms in total. The van der Waals surface area contributed by atoms with Crippen molar-refractivity contribution in [2.24, 2.45) is 0 Å². The summed E-state index contributed by atoms with van der Waals surface area (Å²) < 4.78 is 4.72. The Hall–Kier alpha value is -4.87. The van der Waals surface area contributed by atoms with Gasteiger partial charge in [0, 0.05) is 54.8 Å². The molecule has 4 aromatic heterocycles. The number of fused-ring (bicyclic) bond motifs is 13. The lowest BCUT2D eigenvalue weighted by molar-refractivity contribution is 1.02. The molecule has 0 fully saturated rings. The summed E-state index contributed by atoms with van der Waals surface area (Å²) in [4.78, 5) is 15.1. The van der Waals surface area contributed by atoms with Gasteiger partial charge in [0.1, 0.15) is 0 Å². The molecule has 9 aromatic rings. The second-order valence-electron chi connectivity index (χ2n) is 9.67. The van der Waals surface area contributed by atoms with Gasteiger partial charge in [0.15, 0.2) is 0 Å². The smallest absolute Gasteiger partial charge is 0.235 e. The molecule has 0 aliphatic carbocycles. The zero-order chi connectivity index (χ0) is 24.8. The van der Waals surface area contributed by atoms with E-state index in [9.17, 15) is 0 Å². The molecule has 0 N–H and O–H groups in total. The predicted molar refractivity (Wildman–Crippen MR) is 160 cm³/mol. The molecule has 0 saturated carbocycles. The summed E-state index contributed by atoms with van der Waals surface area (Å²) in [7, 11) is 0. The second kappa shape index (κ2) is 7.34. The maximum atomic E-state index is 5.24. The number of thiophene rings is 1. The van der Waals surface area contributed by atoms with E-state index in [4.69, 9.17) is 15.0 Å². The van der Waals surface area contributed by atoms with Crippen LogP contribution in [-0.2, 0) is 0 Å². The minimum Gasteiger partial charge on any atom is -0.277 e. The molecule has 5 heteroatoms. The first kappa shape index (κ1) is 20.2. The molecule has 0 bridgehead atoms. The van der Waals surface area contributed by atoms with Crippen molar-refractivity contribution < 1.29 is 0 Å². The normalized spacial score (nSPS) is 12.2. The van der Waals surface area contributed by atoms with E-state index >= 15 is 0 Å². The number of nitrogens with zero attached hydrogens (tertiary/aromatic N) is 4. The zero-order valence-corrected chi connectivity index (χ0v) is 20.9. The Kier molecular flexibility index (Phi) is 3.91. The number of para-hydroxylation sites is 1. The minimum atomic E-state index is 0.680. The van der Waals surface area contributed by atoms with Gasteiger partial charge in [-0.15, -0.1) is 11.3 Å². The maximum absolute atomic E-state index is 5.24. The molecule has 0 atom stereocenters. The highest BCUT2D eigenvalue weighted by Crippen LogP contribution is 2.46. The third kappa shape index (κ3) is 2.56. The van der Waals surface area contributed by atoms with Crippen LogP contribution in [0.4, 0.5) is 0 Å². The Bertz CT molecular complexity index is 2420. The number of benzene rings is 5. The largest absolute Gasteiger partial charge is 0.277 e. The highest BCUT2D eigenvalue weighted by molar-refractivity contribution is 7.26. The first-order valence-electron chi connectivity index (χ1n) is 12.6. The molecule has 176 valence electrons. The summed E-state index contributed by atoms with van der Waals surface area (Å²) in [6.07, 6.45) is 3.85. The fourth-order valence-corrected chi connectivity index (χ4v) is 7.27. The average Bonchev–Trinajstić information content (AvgIpc) is 3.53. The molecule has 0 amide bonds. The van der Waals surface area contributed by atoms with Gasteiger partial charge in [-0.2, -0.15) is 0 Å². The standard InChI is InChI=1S/C33H18N4S/c1-2-9-21-19(8-1)15-16-20-18-35-33(36-29(20)21)37-25-13-5-3-10-22(25)27-24-12-7-17-34-30(24)32-28(31(27)37)23-11-4-6-14-26(23)38-32/h1-18H. The molecule has 0 saturated heterocycles. The quantitative estimate of drug-likeness (QED) is 0.211. The molecule has 4 heterocycles. The van der Waals surface area contributed by atoms with Crippen LogP contribution in [0.5, 0.6) is 0 Å². The van der Waals surface area contributed by atoms with Crippen LogP contribution in [0.25, 0.3) is 80.5 Å². The van der Waals surface area contributed by atoms with Crippen LogP contribution >= 0.6 is 11.3 Å². The van der Waals surface area contributed by atoms with E-state index in [1.54, 1.807) is 0 Å². The van der Waals surface area contributed by atoms with Crippen molar-refractivity contribution in [1.29, 1.82) is 0 Å². The Morgan fingerprint density at radius 1 is 0.579 bits per heavy atom. The first-order valence-corrected chi connectivity index (χ1v) is 13.4. The molecular weight excluding hydrogens is 484 g/mol. The maximum Gasteiger partial charge on any atom is 0.235 e. The molecule has 38 heavy (non-hydrogen) atoms. The number of pyridine rings is 1. The number of hydrogen-bond acceptors (Lipinski definition) is 4. The topological polar surface area (TPSA) is 43.6 Å². The second-order valence-corrected chi connectivity index (χ2v) is 10.7. The van der Waals surface area contributed by atoms with E-state index in [2.05, 4.69) is 95.6 Å². The molecule has 9 rings (SSSR count). The number of hydrogen-bond donors (Lipinski definition) is 0. The van der Waals surface area contributed by atoms with Gasteiger partial charge in [0.2, 0.25) is 5.95 Å². The summed E-state index contributed by atoms with van der Waals surface area (Å²) in [5.41, 5.74) is 4.24. The zero-order valence-electron chi connectivity index (χ0n) is 20.1.